The molecule has 5 heteroatoms. The van der Waals surface area contributed by atoms with Crippen molar-refractivity contribution < 1.29 is 14.4 Å². The minimum absolute atomic E-state index is 0.0742. The van der Waals surface area contributed by atoms with Crippen molar-refractivity contribution in [3.05, 3.63) is 17.0 Å². The second-order valence-corrected chi connectivity index (χ2v) is 4.42. The monoisotopic (exact) mass is 240 g/mol. The van der Waals surface area contributed by atoms with Gasteiger partial charge in [-0.1, -0.05) is 25.9 Å². The highest BCUT2D eigenvalue weighted by Gasteiger charge is 2.22. The third kappa shape index (κ3) is 3.06. The normalized spacial score (nSPS) is 12.8. The zero-order valence-electron chi connectivity index (χ0n) is 10.8. The van der Waals surface area contributed by atoms with Crippen LogP contribution in [0.2, 0.25) is 0 Å². The molecule has 17 heavy (non-hydrogen) atoms. The third-order valence-electron chi connectivity index (χ3n) is 2.81. The van der Waals surface area contributed by atoms with Gasteiger partial charge < -0.3 is 14.9 Å². The van der Waals surface area contributed by atoms with E-state index in [2.05, 4.69) is 10.5 Å². The van der Waals surface area contributed by atoms with Crippen molar-refractivity contribution in [2.45, 2.75) is 40.2 Å². The number of nitrogens with one attached hydrogen (secondary N) is 1. The maximum absolute atomic E-state index is 12.1. The second-order valence-electron chi connectivity index (χ2n) is 4.42. The number of hydrogen-bond acceptors (Lipinski definition) is 4. The molecular weight excluding hydrogens is 220 g/mol. The van der Waals surface area contributed by atoms with Crippen LogP contribution in [-0.4, -0.2) is 28.8 Å². The van der Waals surface area contributed by atoms with E-state index in [0.29, 0.717) is 23.4 Å². The first-order valence-corrected chi connectivity index (χ1v) is 5.88. The lowest BCUT2D eigenvalue weighted by atomic mass is 10.0. The van der Waals surface area contributed by atoms with E-state index in [4.69, 9.17) is 4.52 Å². The Kier molecular flexibility index (Phi) is 4.69. The molecule has 1 heterocycles. The zero-order chi connectivity index (χ0) is 13.0. The molecule has 1 atom stereocenters. The molecule has 5 nitrogen and oxygen atoms in total. The van der Waals surface area contributed by atoms with Gasteiger partial charge in [0.05, 0.1) is 18.3 Å². The molecule has 0 aliphatic carbocycles. The second kappa shape index (κ2) is 5.82. The molecule has 96 valence electrons. The topological polar surface area (TPSA) is 75.4 Å². The first-order chi connectivity index (χ1) is 8.01. The van der Waals surface area contributed by atoms with Crippen LogP contribution in [0.25, 0.3) is 0 Å². The average Bonchev–Trinajstić information content (AvgIpc) is 2.66. The van der Waals surface area contributed by atoms with Gasteiger partial charge in [0.2, 0.25) is 0 Å². The van der Waals surface area contributed by atoms with Crippen molar-refractivity contribution in [3.63, 3.8) is 0 Å². The van der Waals surface area contributed by atoms with E-state index in [1.165, 1.54) is 0 Å². The van der Waals surface area contributed by atoms with E-state index in [1.54, 1.807) is 6.92 Å². The maximum atomic E-state index is 12.1. The van der Waals surface area contributed by atoms with Crippen LogP contribution in [0.15, 0.2) is 4.52 Å². The Bertz CT molecular complexity index is 385. The summed E-state index contributed by atoms with van der Waals surface area (Å²) in [5.74, 6) is 0.460. The Hall–Kier alpha value is -1.36. The summed E-state index contributed by atoms with van der Waals surface area (Å²) in [4.78, 5) is 12.1. The number of rotatable bonds is 5. The first-order valence-electron chi connectivity index (χ1n) is 5.88. The van der Waals surface area contributed by atoms with Crippen LogP contribution in [-0.2, 0) is 6.42 Å². The molecule has 1 aromatic rings. The van der Waals surface area contributed by atoms with Crippen LogP contribution in [0.4, 0.5) is 0 Å². The summed E-state index contributed by atoms with van der Waals surface area (Å²) >= 11 is 0. The number of aliphatic hydroxyl groups is 1. The van der Waals surface area contributed by atoms with Crippen molar-refractivity contribution in [3.8, 4) is 0 Å². The number of amides is 1. The lowest BCUT2D eigenvalue weighted by molar-refractivity contribution is 0.0894. The van der Waals surface area contributed by atoms with Gasteiger partial charge in [0.25, 0.3) is 5.91 Å². The van der Waals surface area contributed by atoms with E-state index < -0.39 is 0 Å². The Balaban J connectivity index is 2.85. The molecule has 2 N–H and O–H groups in total. The van der Waals surface area contributed by atoms with Gasteiger partial charge in [-0.3, -0.25) is 4.79 Å². The summed E-state index contributed by atoms with van der Waals surface area (Å²) in [6, 6.07) is -0.249. The van der Waals surface area contributed by atoms with Crippen LogP contribution < -0.4 is 5.32 Å². The Morgan fingerprint density at radius 1 is 1.53 bits per heavy atom. The molecule has 1 rings (SSSR count). The fraction of sp³-hybridized carbons (Fsp3) is 0.667. The number of aliphatic hydroxyl groups excluding tert-OH is 1. The number of hydrogen-bond donors (Lipinski definition) is 2. The van der Waals surface area contributed by atoms with Gasteiger partial charge >= 0.3 is 0 Å². The molecule has 1 amide bonds. The lowest BCUT2D eigenvalue weighted by Gasteiger charge is -2.19. The van der Waals surface area contributed by atoms with Crippen LogP contribution in [0.1, 0.15) is 42.6 Å². The standard InChI is InChI=1S/C12H20N2O3/c1-5-9-11(8(4)17-14-9)12(16)13-10(6-15)7(2)3/h7,10,15H,5-6H2,1-4H3,(H,13,16)/t10-/m1/s1. The number of carbonyl (C=O) groups excluding carboxylic acids is 1. The van der Waals surface area contributed by atoms with Crippen molar-refractivity contribution >= 4 is 5.91 Å². The molecule has 0 radical (unpaired) electrons. The number of aryl methyl sites for hydroxylation is 2. The number of carbonyl (C=O) groups is 1. The third-order valence-corrected chi connectivity index (χ3v) is 2.81. The molecular formula is C12H20N2O3. The molecule has 0 fully saturated rings. The van der Waals surface area contributed by atoms with Crippen LogP contribution in [0, 0.1) is 12.8 Å². The van der Waals surface area contributed by atoms with Crippen LogP contribution in [0.5, 0.6) is 0 Å². The average molecular weight is 240 g/mol. The van der Waals surface area contributed by atoms with Gasteiger partial charge in [-0.2, -0.15) is 0 Å². The largest absolute Gasteiger partial charge is 0.394 e. The predicted octanol–water partition coefficient (Wildman–Crippen LogP) is 1.29. The predicted molar refractivity (Wildman–Crippen MR) is 63.8 cm³/mol. The van der Waals surface area contributed by atoms with Crippen molar-refractivity contribution in [1.82, 2.24) is 10.5 Å². The summed E-state index contributed by atoms with van der Waals surface area (Å²) in [6.07, 6.45) is 0.644. The highest BCUT2D eigenvalue weighted by Crippen LogP contribution is 2.14. The highest BCUT2D eigenvalue weighted by atomic mass is 16.5. The Labute approximate surface area is 101 Å². The number of nitrogens with zero attached hydrogens (tertiary/aromatic N) is 1. The van der Waals surface area contributed by atoms with E-state index in [0.717, 1.165) is 0 Å². The minimum Gasteiger partial charge on any atom is -0.394 e. The van der Waals surface area contributed by atoms with Crippen molar-refractivity contribution in [1.29, 1.82) is 0 Å². The molecule has 0 unspecified atom stereocenters. The molecule has 0 saturated heterocycles. The van der Waals surface area contributed by atoms with Crippen LogP contribution in [0.3, 0.4) is 0 Å². The van der Waals surface area contributed by atoms with E-state index in [-0.39, 0.29) is 24.5 Å². The number of aromatic nitrogens is 1. The molecule has 1 aromatic heterocycles. The SMILES string of the molecule is CCc1noc(C)c1C(=O)N[C@H](CO)C(C)C. The van der Waals surface area contributed by atoms with Gasteiger partial charge in [-0.05, 0) is 19.3 Å². The summed E-state index contributed by atoms with van der Waals surface area (Å²) in [5, 5.41) is 15.8. The highest BCUT2D eigenvalue weighted by molar-refractivity contribution is 5.96. The first kappa shape index (κ1) is 13.7. The van der Waals surface area contributed by atoms with E-state index in [1.807, 2.05) is 20.8 Å². The quantitative estimate of drug-likeness (QED) is 0.813. The summed E-state index contributed by atoms with van der Waals surface area (Å²) < 4.78 is 5.01. The maximum Gasteiger partial charge on any atom is 0.257 e. The summed E-state index contributed by atoms with van der Waals surface area (Å²) in [7, 11) is 0. The zero-order valence-corrected chi connectivity index (χ0v) is 10.8. The van der Waals surface area contributed by atoms with Gasteiger partial charge in [0, 0.05) is 0 Å². The van der Waals surface area contributed by atoms with Crippen molar-refractivity contribution in [2.75, 3.05) is 6.61 Å². The molecule has 0 saturated carbocycles. The summed E-state index contributed by atoms with van der Waals surface area (Å²) in [5.41, 5.74) is 1.15. The molecule has 0 aliphatic heterocycles. The van der Waals surface area contributed by atoms with Gasteiger partial charge in [0.1, 0.15) is 11.3 Å². The van der Waals surface area contributed by atoms with Gasteiger partial charge in [-0.15, -0.1) is 0 Å². The fourth-order valence-corrected chi connectivity index (χ4v) is 1.61. The fourth-order valence-electron chi connectivity index (χ4n) is 1.61. The molecule has 0 bridgehead atoms. The summed E-state index contributed by atoms with van der Waals surface area (Å²) in [6.45, 7) is 7.45. The Morgan fingerprint density at radius 2 is 2.18 bits per heavy atom. The van der Waals surface area contributed by atoms with Crippen LogP contribution >= 0.6 is 0 Å². The van der Waals surface area contributed by atoms with Gasteiger partial charge in [-0.25, -0.2) is 0 Å². The van der Waals surface area contributed by atoms with Gasteiger partial charge in [0.15, 0.2) is 0 Å². The molecule has 0 aliphatic rings. The van der Waals surface area contributed by atoms with E-state index in [9.17, 15) is 9.90 Å². The smallest absolute Gasteiger partial charge is 0.257 e. The minimum atomic E-state index is -0.249. The Morgan fingerprint density at radius 3 is 2.65 bits per heavy atom. The van der Waals surface area contributed by atoms with Crippen molar-refractivity contribution in [2.24, 2.45) is 5.92 Å². The molecule has 0 aromatic carbocycles. The molecule has 0 spiro atoms. The van der Waals surface area contributed by atoms with E-state index >= 15 is 0 Å². The lowest BCUT2D eigenvalue weighted by Crippen LogP contribution is -2.41.